The number of carbonyl (C=O) groups excluding carboxylic acids is 1. The van der Waals surface area contributed by atoms with Crippen molar-refractivity contribution in [3.05, 3.63) is 82.2 Å². The minimum atomic E-state index is -0.938. The first kappa shape index (κ1) is 18.4. The maximum absolute atomic E-state index is 12.7. The number of carboxylic acids is 1. The number of fused-ring (bicyclic) bond motifs is 1. The van der Waals surface area contributed by atoms with Crippen LogP contribution in [0.4, 0.5) is 0 Å². The van der Waals surface area contributed by atoms with Gasteiger partial charge < -0.3 is 15.7 Å². The molecule has 4 rings (SSSR count). The fourth-order valence-corrected chi connectivity index (χ4v) is 4.52. The molecular formula is C22H20N2O3S. The summed E-state index contributed by atoms with van der Waals surface area (Å²) in [5, 5.41) is 9.00. The summed E-state index contributed by atoms with van der Waals surface area (Å²) in [4.78, 5) is 27.6. The van der Waals surface area contributed by atoms with E-state index in [2.05, 4.69) is 12.1 Å². The predicted molar refractivity (Wildman–Crippen MR) is 109 cm³/mol. The molecule has 3 aromatic rings. The van der Waals surface area contributed by atoms with Gasteiger partial charge in [0.15, 0.2) is 0 Å². The summed E-state index contributed by atoms with van der Waals surface area (Å²) in [5.74, 6) is -0.969. The van der Waals surface area contributed by atoms with E-state index in [9.17, 15) is 9.59 Å². The number of thiophene rings is 1. The van der Waals surface area contributed by atoms with Gasteiger partial charge in [-0.2, -0.15) is 0 Å². The molecule has 0 unspecified atom stereocenters. The minimum absolute atomic E-state index is 0.0306. The Bertz CT molecular complexity index is 1000. The van der Waals surface area contributed by atoms with Gasteiger partial charge in [0.05, 0.1) is 11.6 Å². The Hall–Kier alpha value is -2.96. The molecule has 142 valence electrons. The summed E-state index contributed by atoms with van der Waals surface area (Å²) in [6, 6.07) is 18.3. The molecule has 1 aliphatic heterocycles. The molecule has 28 heavy (non-hydrogen) atoms. The third-order valence-electron chi connectivity index (χ3n) is 4.97. The van der Waals surface area contributed by atoms with Gasteiger partial charge in [0.2, 0.25) is 5.91 Å². The maximum Gasteiger partial charge on any atom is 0.335 e. The van der Waals surface area contributed by atoms with Crippen molar-refractivity contribution in [2.75, 3.05) is 0 Å². The first-order chi connectivity index (χ1) is 13.5. The van der Waals surface area contributed by atoms with Gasteiger partial charge in [-0.3, -0.25) is 4.79 Å². The molecule has 0 saturated heterocycles. The number of nitrogens with zero attached hydrogens (tertiary/aromatic N) is 1. The van der Waals surface area contributed by atoms with Crippen LogP contribution in [0.1, 0.15) is 26.4 Å². The number of hydrogen-bond donors (Lipinski definition) is 2. The molecule has 6 heteroatoms. The zero-order valence-electron chi connectivity index (χ0n) is 15.2. The molecule has 0 radical (unpaired) electrons. The largest absolute Gasteiger partial charge is 0.478 e. The molecule has 0 saturated carbocycles. The van der Waals surface area contributed by atoms with Gasteiger partial charge in [-0.1, -0.05) is 36.4 Å². The Labute approximate surface area is 167 Å². The number of nitrogens with two attached hydrogens (primary N) is 1. The van der Waals surface area contributed by atoms with Gasteiger partial charge in [-0.25, -0.2) is 4.79 Å². The standard InChI is InChI=1S/C22H20N2O3S/c23-19(21(25)24-12-16-3-1-2-4-17(16)13-24)11-18-9-10-20(28-18)14-5-7-15(8-6-14)22(26)27/h1-10,19H,11-13,23H2,(H,26,27)/t19-/m1/s1. The van der Waals surface area contributed by atoms with Crippen LogP contribution in [0.3, 0.4) is 0 Å². The fraction of sp³-hybridized carbons (Fsp3) is 0.182. The molecule has 2 aromatic carbocycles. The minimum Gasteiger partial charge on any atom is -0.478 e. The first-order valence-corrected chi connectivity index (χ1v) is 9.86. The number of benzene rings is 2. The highest BCUT2D eigenvalue weighted by Gasteiger charge is 2.27. The third-order valence-corrected chi connectivity index (χ3v) is 6.13. The van der Waals surface area contributed by atoms with Gasteiger partial charge in [0.25, 0.3) is 0 Å². The van der Waals surface area contributed by atoms with E-state index in [-0.39, 0.29) is 11.5 Å². The lowest BCUT2D eigenvalue weighted by Gasteiger charge is -2.20. The van der Waals surface area contributed by atoms with E-state index in [1.807, 2.05) is 29.2 Å². The second kappa shape index (κ2) is 7.58. The van der Waals surface area contributed by atoms with Crippen LogP contribution in [0, 0.1) is 0 Å². The van der Waals surface area contributed by atoms with Crippen LogP contribution in [0.15, 0.2) is 60.7 Å². The van der Waals surface area contributed by atoms with Gasteiger partial charge in [-0.05, 0) is 41.0 Å². The summed E-state index contributed by atoms with van der Waals surface area (Å²) in [6.07, 6.45) is 0.490. The Morgan fingerprint density at radius 3 is 2.25 bits per heavy atom. The highest BCUT2D eigenvalue weighted by atomic mass is 32.1. The van der Waals surface area contributed by atoms with Gasteiger partial charge in [0, 0.05) is 29.3 Å². The van der Waals surface area contributed by atoms with E-state index in [0.29, 0.717) is 19.5 Å². The van der Waals surface area contributed by atoms with Gasteiger partial charge >= 0.3 is 5.97 Å². The highest BCUT2D eigenvalue weighted by Crippen LogP contribution is 2.29. The van der Waals surface area contributed by atoms with Crippen molar-refractivity contribution < 1.29 is 14.7 Å². The lowest BCUT2D eigenvalue weighted by molar-refractivity contribution is -0.133. The lowest BCUT2D eigenvalue weighted by atomic mass is 10.1. The molecule has 0 aliphatic carbocycles. The molecular weight excluding hydrogens is 372 g/mol. The summed E-state index contributed by atoms with van der Waals surface area (Å²) in [7, 11) is 0. The zero-order valence-corrected chi connectivity index (χ0v) is 16.0. The summed E-state index contributed by atoms with van der Waals surface area (Å²) in [6.45, 7) is 1.24. The average molecular weight is 392 g/mol. The van der Waals surface area contributed by atoms with Crippen molar-refractivity contribution in [3.8, 4) is 10.4 Å². The smallest absolute Gasteiger partial charge is 0.335 e. The SMILES string of the molecule is N[C@H](Cc1ccc(-c2ccc(C(=O)O)cc2)s1)C(=O)N1Cc2ccccc2C1. The van der Waals surface area contributed by atoms with E-state index in [1.165, 1.54) is 11.1 Å². The number of aromatic carboxylic acids is 1. The topological polar surface area (TPSA) is 83.6 Å². The molecule has 0 fully saturated rings. The number of carbonyl (C=O) groups is 2. The highest BCUT2D eigenvalue weighted by molar-refractivity contribution is 7.15. The predicted octanol–water partition coefficient (Wildman–Crippen LogP) is 3.53. The number of hydrogen-bond acceptors (Lipinski definition) is 4. The van der Waals surface area contributed by atoms with E-state index >= 15 is 0 Å². The van der Waals surface area contributed by atoms with Gasteiger partial charge in [0.1, 0.15) is 0 Å². The van der Waals surface area contributed by atoms with Crippen molar-refractivity contribution >= 4 is 23.2 Å². The summed E-state index contributed by atoms with van der Waals surface area (Å²) in [5.41, 5.74) is 9.81. The molecule has 1 atom stereocenters. The zero-order chi connectivity index (χ0) is 19.7. The van der Waals surface area contributed by atoms with Crippen LogP contribution < -0.4 is 5.73 Å². The normalized spacial score (nSPS) is 14.0. The Morgan fingerprint density at radius 1 is 1.00 bits per heavy atom. The second-order valence-corrected chi connectivity index (χ2v) is 8.09. The van der Waals surface area contributed by atoms with Crippen LogP contribution in [0.5, 0.6) is 0 Å². The number of rotatable bonds is 5. The molecule has 1 aliphatic rings. The Kier molecular flexibility index (Phi) is 4.98. The molecule has 2 heterocycles. The molecule has 0 spiro atoms. The van der Waals surface area contributed by atoms with Crippen molar-refractivity contribution in [3.63, 3.8) is 0 Å². The number of amides is 1. The first-order valence-electron chi connectivity index (χ1n) is 9.05. The van der Waals surface area contributed by atoms with Crippen LogP contribution >= 0.6 is 11.3 Å². The van der Waals surface area contributed by atoms with Crippen LogP contribution in [-0.4, -0.2) is 27.9 Å². The monoisotopic (exact) mass is 392 g/mol. The van der Waals surface area contributed by atoms with Crippen LogP contribution in [0.2, 0.25) is 0 Å². The van der Waals surface area contributed by atoms with Crippen molar-refractivity contribution in [2.24, 2.45) is 5.73 Å². The van der Waals surface area contributed by atoms with E-state index < -0.39 is 12.0 Å². The Morgan fingerprint density at radius 2 is 1.64 bits per heavy atom. The molecule has 3 N–H and O–H groups in total. The number of carboxylic acid groups (broad SMARTS) is 1. The fourth-order valence-electron chi connectivity index (χ4n) is 3.45. The molecule has 5 nitrogen and oxygen atoms in total. The Balaban J connectivity index is 1.41. The van der Waals surface area contributed by atoms with Crippen molar-refractivity contribution in [1.29, 1.82) is 0 Å². The van der Waals surface area contributed by atoms with Crippen LogP contribution in [0.25, 0.3) is 10.4 Å². The lowest BCUT2D eigenvalue weighted by Crippen LogP contribution is -2.42. The second-order valence-electron chi connectivity index (χ2n) is 6.92. The van der Waals surface area contributed by atoms with E-state index in [0.717, 1.165) is 15.3 Å². The van der Waals surface area contributed by atoms with Crippen molar-refractivity contribution in [1.82, 2.24) is 4.90 Å². The van der Waals surface area contributed by atoms with Gasteiger partial charge in [-0.15, -0.1) is 11.3 Å². The molecule has 1 aromatic heterocycles. The molecule has 0 bridgehead atoms. The summed E-state index contributed by atoms with van der Waals surface area (Å²) >= 11 is 1.58. The molecule has 1 amide bonds. The van der Waals surface area contributed by atoms with E-state index in [1.54, 1.807) is 35.6 Å². The van der Waals surface area contributed by atoms with Crippen molar-refractivity contribution in [2.45, 2.75) is 25.6 Å². The van der Waals surface area contributed by atoms with Crippen LogP contribution in [-0.2, 0) is 24.3 Å². The van der Waals surface area contributed by atoms with E-state index in [4.69, 9.17) is 10.8 Å². The third kappa shape index (κ3) is 3.69. The average Bonchev–Trinajstić information content (AvgIpc) is 3.34. The maximum atomic E-state index is 12.7. The quantitative estimate of drug-likeness (QED) is 0.696. The summed E-state index contributed by atoms with van der Waals surface area (Å²) < 4.78 is 0.